The molecule has 1 atom stereocenters. The quantitative estimate of drug-likeness (QED) is 0.181. The lowest BCUT2D eigenvalue weighted by Gasteiger charge is -2.45. The highest BCUT2D eigenvalue weighted by atomic mass is 32.2. The molecule has 2 aliphatic rings. The Labute approximate surface area is 311 Å². The van der Waals surface area contributed by atoms with Crippen LogP contribution in [-0.2, 0) is 5.41 Å². The molecule has 0 amide bonds. The molecular weight excluding hydrogens is 667 g/mol. The molecule has 1 nitrogen and oxygen atoms in total. The summed E-state index contributed by atoms with van der Waals surface area (Å²) >= 11 is 3.80. The van der Waals surface area contributed by atoms with Crippen LogP contribution in [0.2, 0.25) is 0 Å². The van der Waals surface area contributed by atoms with Crippen LogP contribution in [-0.4, -0.2) is 4.57 Å². The van der Waals surface area contributed by atoms with Gasteiger partial charge in [-0.25, -0.2) is 0 Å². The maximum Gasteiger partial charge on any atom is 0.0745 e. The first-order valence-electron chi connectivity index (χ1n) is 17.8. The van der Waals surface area contributed by atoms with Crippen LogP contribution in [0.3, 0.4) is 0 Å². The largest absolute Gasteiger partial charge is 0.309 e. The van der Waals surface area contributed by atoms with Crippen LogP contribution in [0.15, 0.2) is 208 Å². The van der Waals surface area contributed by atoms with E-state index in [-0.39, 0.29) is 0 Å². The third kappa shape index (κ3) is 4.27. The summed E-state index contributed by atoms with van der Waals surface area (Å²) in [6.45, 7) is 0. The minimum absolute atomic E-state index is 0.481. The average Bonchev–Trinajstić information content (AvgIpc) is 3.56. The fraction of sp³-hybridized carbons (Fsp3) is 0.0204. The fourth-order valence-corrected chi connectivity index (χ4v) is 11.2. The SMILES string of the molecule is c1ccc(-c2ccc3c(c2)Sc2ccccc2C32c3ccccc3Sc3ccc(-c4cccc5c4c4ccccc4n5-c4ccccc4)cc32)cc1. The summed E-state index contributed by atoms with van der Waals surface area (Å²) in [7, 11) is 0. The minimum Gasteiger partial charge on any atom is -0.309 e. The van der Waals surface area contributed by atoms with Crippen LogP contribution < -0.4 is 0 Å². The molecule has 1 aromatic heterocycles. The molecule has 0 N–H and O–H groups in total. The second kappa shape index (κ2) is 11.6. The van der Waals surface area contributed by atoms with Crippen molar-refractivity contribution in [2.75, 3.05) is 0 Å². The summed E-state index contributed by atoms with van der Waals surface area (Å²) in [5.41, 5.74) is 13.5. The number of rotatable bonds is 3. The Morgan fingerprint density at radius 1 is 0.365 bits per heavy atom. The van der Waals surface area contributed by atoms with E-state index in [2.05, 4.69) is 193 Å². The topological polar surface area (TPSA) is 4.93 Å². The van der Waals surface area contributed by atoms with E-state index in [4.69, 9.17) is 0 Å². The highest BCUT2D eigenvalue weighted by molar-refractivity contribution is 8.00. The van der Waals surface area contributed by atoms with Crippen LogP contribution in [0, 0.1) is 0 Å². The lowest BCUT2D eigenvalue weighted by atomic mass is 9.64. The Bertz CT molecular complexity index is 2840. The highest BCUT2D eigenvalue weighted by Crippen LogP contribution is 2.62. The van der Waals surface area contributed by atoms with Crippen molar-refractivity contribution in [2.24, 2.45) is 0 Å². The van der Waals surface area contributed by atoms with E-state index in [1.807, 2.05) is 23.5 Å². The Morgan fingerprint density at radius 3 is 1.75 bits per heavy atom. The molecule has 0 saturated carbocycles. The number of hydrogen-bond acceptors (Lipinski definition) is 2. The average molecular weight is 698 g/mol. The van der Waals surface area contributed by atoms with Gasteiger partial charge in [0.05, 0.1) is 16.4 Å². The van der Waals surface area contributed by atoms with Crippen LogP contribution in [0.25, 0.3) is 49.7 Å². The van der Waals surface area contributed by atoms with Crippen molar-refractivity contribution in [3.63, 3.8) is 0 Å². The number of nitrogens with zero attached hydrogens (tertiary/aromatic N) is 1. The first-order valence-corrected chi connectivity index (χ1v) is 19.4. The van der Waals surface area contributed by atoms with Gasteiger partial charge in [-0.15, -0.1) is 0 Å². The van der Waals surface area contributed by atoms with Gasteiger partial charge in [-0.2, -0.15) is 0 Å². The molecular formula is C49H31NS2. The van der Waals surface area contributed by atoms with Crippen molar-refractivity contribution >= 4 is 45.3 Å². The molecule has 1 spiro atoms. The molecule has 0 radical (unpaired) electrons. The molecule has 11 rings (SSSR count). The van der Waals surface area contributed by atoms with Crippen molar-refractivity contribution in [1.29, 1.82) is 0 Å². The van der Waals surface area contributed by atoms with Crippen molar-refractivity contribution in [1.82, 2.24) is 4.57 Å². The lowest BCUT2D eigenvalue weighted by molar-refractivity contribution is 0.667. The molecule has 8 aromatic carbocycles. The van der Waals surface area contributed by atoms with Gasteiger partial charge in [0.25, 0.3) is 0 Å². The van der Waals surface area contributed by atoms with E-state index in [1.165, 1.54) is 91.6 Å². The van der Waals surface area contributed by atoms with Gasteiger partial charge in [-0.05, 0) is 99.1 Å². The third-order valence-corrected chi connectivity index (χ3v) is 13.2. The fourth-order valence-electron chi connectivity index (χ4n) is 8.76. The molecule has 0 saturated heterocycles. The Balaban J connectivity index is 1.21. The number of hydrogen-bond donors (Lipinski definition) is 0. The molecule has 9 aromatic rings. The molecule has 0 fully saturated rings. The van der Waals surface area contributed by atoms with Crippen molar-refractivity contribution < 1.29 is 0 Å². The standard InChI is InChI=1S/C49H31NS2/c1-3-14-32(15-4-1)33-26-28-40-47(31-33)52-45-25-12-9-21-39(45)49(40)38-20-8-11-24-44(38)51-46-29-27-34(30-41(46)49)36-19-13-23-43-48(36)37-18-7-10-22-42(37)50(43)35-16-5-2-6-17-35/h1-31H. The number of para-hydroxylation sites is 2. The van der Waals surface area contributed by atoms with Gasteiger partial charge in [0.1, 0.15) is 0 Å². The number of benzene rings is 8. The number of aromatic nitrogens is 1. The van der Waals surface area contributed by atoms with Crippen LogP contribution in [0.1, 0.15) is 22.3 Å². The van der Waals surface area contributed by atoms with E-state index < -0.39 is 5.41 Å². The zero-order chi connectivity index (χ0) is 34.2. The van der Waals surface area contributed by atoms with E-state index >= 15 is 0 Å². The van der Waals surface area contributed by atoms with Gasteiger partial charge in [0.2, 0.25) is 0 Å². The van der Waals surface area contributed by atoms with Gasteiger partial charge in [0.15, 0.2) is 0 Å². The molecule has 1 unspecified atom stereocenters. The molecule has 0 bridgehead atoms. The second-order valence-electron chi connectivity index (χ2n) is 13.6. The molecule has 3 heterocycles. The first-order chi connectivity index (χ1) is 25.8. The van der Waals surface area contributed by atoms with Gasteiger partial charge < -0.3 is 4.57 Å². The minimum atomic E-state index is -0.481. The van der Waals surface area contributed by atoms with Crippen molar-refractivity contribution in [3.05, 3.63) is 210 Å². The maximum atomic E-state index is 2.52. The van der Waals surface area contributed by atoms with E-state index in [0.717, 1.165) is 0 Å². The van der Waals surface area contributed by atoms with Gasteiger partial charge in [0, 0.05) is 36.0 Å². The van der Waals surface area contributed by atoms with Crippen molar-refractivity contribution in [3.8, 4) is 27.9 Å². The first kappa shape index (κ1) is 29.9. The Morgan fingerprint density at radius 2 is 0.962 bits per heavy atom. The highest BCUT2D eigenvalue weighted by Gasteiger charge is 2.48. The molecule has 52 heavy (non-hydrogen) atoms. The molecule has 244 valence electrons. The smallest absolute Gasteiger partial charge is 0.0745 e. The predicted molar refractivity (Wildman–Crippen MR) is 218 cm³/mol. The second-order valence-corrected chi connectivity index (χ2v) is 15.8. The summed E-state index contributed by atoms with van der Waals surface area (Å²) in [6, 6.07) is 69.7. The maximum absolute atomic E-state index is 2.52. The van der Waals surface area contributed by atoms with Gasteiger partial charge in [-0.3, -0.25) is 0 Å². The Kier molecular flexibility index (Phi) is 6.70. The van der Waals surface area contributed by atoms with Crippen LogP contribution in [0.5, 0.6) is 0 Å². The van der Waals surface area contributed by atoms with Crippen LogP contribution >= 0.6 is 23.5 Å². The summed E-state index contributed by atoms with van der Waals surface area (Å²) in [5.74, 6) is 0. The lowest BCUT2D eigenvalue weighted by Crippen LogP contribution is -2.36. The zero-order valence-electron chi connectivity index (χ0n) is 28.2. The zero-order valence-corrected chi connectivity index (χ0v) is 29.8. The molecule has 3 heteroatoms. The summed E-state index contributed by atoms with van der Waals surface area (Å²) < 4.78 is 2.41. The summed E-state index contributed by atoms with van der Waals surface area (Å²) in [6.07, 6.45) is 0. The Hall–Kier alpha value is -5.74. The van der Waals surface area contributed by atoms with Gasteiger partial charge in [-0.1, -0.05) is 157 Å². The van der Waals surface area contributed by atoms with Crippen LogP contribution in [0.4, 0.5) is 0 Å². The van der Waals surface area contributed by atoms with E-state index in [9.17, 15) is 0 Å². The van der Waals surface area contributed by atoms with E-state index in [0.29, 0.717) is 0 Å². The van der Waals surface area contributed by atoms with Gasteiger partial charge >= 0.3 is 0 Å². The molecule has 2 aliphatic heterocycles. The normalized spacial score (nSPS) is 15.6. The van der Waals surface area contributed by atoms with E-state index in [1.54, 1.807) is 0 Å². The summed E-state index contributed by atoms with van der Waals surface area (Å²) in [5, 5.41) is 2.55. The summed E-state index contributed by atoms with van der Waals surface area (Å²) in [4.78, 5) is 5.24. The third-order valence-electron chi connectivity index (χ3n) is 10.9. The monoisotopic (exact) mass is 697 g/mol. The molecule has 0 aliphatic carbocycles. The number of fused-ring (bicyclic) bond motifs is 11. The predicted octanol–water partition coefficient (Wildman–Crippen LogP) is 13.4. The van der Waals surface area contributed by atoms with Crippen molar-refractivity contribution in [2.45, 2.75) is 25.0 Å².